The van der Waals surface area contributed by atoms with E-state index in [1.165, 1.54) is 0 Å². The van der Waals surface area contributed by atoms with Gasteiger partial charge in [0.05, 0.1) is 11.4 Å². The van der Waals surface area contributed by atoms with E-state index in [-0.39, 0.29) is 18.1 Å². The number of ketones is 1. The lowest BCUT2D eigenvalue weighted by molar-refractivity contribution is -0.118. The second-order valence-corrected chi connectivity index (χ2v) is 7.03. The zero-order chi connectivity index (χ0) is 19.5. The lowest BCUT2D eigenvalue weighted by Crippen LogP contribution is -2.35. The summed E-state index contributed by atoms with van der Waals surface area (Å²) in [4.78, 5) is 27.9. The van der Waals surface area contributed by atoms with Gasteiger partial charge >= 0.3 is 0 Å². The van der Waals surface area contributed by atoms with Gasteiger partial charge in [0.15, 0.2) is 5.78 Å². The lowest BCUT2D eigenvalue weighted by Gasteiger charge is -2.32. The molecular formula is C24H18ClNO2. The normalized spacial score (nSPS) is 14.3. The molecule has 1 amide bonds. The maximum atomic E-state index is 13.3. The van der Waals surface area contributed by atoms with Crippen LogP contribution in [-0.2, 0) is 4.79 Å². The quantitative estimate of drug-likeness (QED) is 0.533. The van der Waals surface area contributed by atoms with Crippen LogP contribution in [0.4, 0.5) is 5.69 Å². The Morgan fingerprint density at radius 2 is 1.50 bits per heavy atom. The molecule has 0 fully saturated rings. The molecule has 4 rings (SSSR count). The summed E-state index contributed by atoms with van der Waals surface area (Å²) in [6.45, 7) is 0. The minimum atomic E-state index is -0.0565. The molecule has 0 atom stereocenters. The van der Waals surface area contributed by atoms with E-state index < -0.39 is 0 Å². The zero-order valence-corrected chi connectivity index (χ0v) is 15.9. The van der Waals surface area contributed by atoms with Crippen LogP contribution in [0.3, 0.4) is 0 Å². The van der Waals surface area contributed by atoms with E-state index in [0.29, 0.717) is 34.0 Å². The number of benzene rings is 3. The molecule has 1 heterocycles. The van der Waals surface area contributed by atoms with Gasteiger partial charge in [-0.3, -0.25) is 14.5 Å². The van der Waals surface area contributed by atoms with Crippen LogP contribution in [-0.4, -0.2) is 11.7 Å². The zero-order valence-electron chi connectivity index (χ0n) is 15.1. The van der Waals surface area contributed by atoms with Crippen LogP contribution in [0.1, 0.15) is 28.8 Å². The first kappa shape index (κ1) is 18.2. The van der Waals surface area contributed by atoms with Crippen molar-refractivity contribution in [2.24, 2.45) is 0 Å². The van der Waals surface area contributed by atoms with Crippen LogP contribution < -0.4 is 4.90 Å². The average Bonchev–Trinajstić information content (AvgIpc) is 2.74. The topological polar surface area (TPSA) is 37.4 Å². The average molecular weight is 388 g/mol. The van der Waals surface area contributed by atoms with E-state index in [1.807, 2.05) is 54.6 Å². The highest BCUT2D eigenvalue weighted by Crippen LogP contribution is 2.37. The van der Waals surface area contributed by atoms with Gasteiger partial charge in [0.1, 0.15) is 0 Å². The molecule has 0 aromatic heterocycles. The second kappa shape index (κ2) is 7.83. The Morgan fingerprint density at radius 1 is 0.821 bits per heavy atom. The van der Waals surface area contributed by atoms with Gasteiger partial charge in [-0.05, 0) is 30.2 Å². The Hall–Kier alpha value is -3.17. The van der Waals surface area contributed by atoms with Crippen LogP contribution in [0.15, 0.2) is 90.5 Å². The smallest absolute Gasteiger partial charge is 0.231 e. The molecule has 4 heteroatoms. The summed E-state index contributed by atoms with van der Waals surface area (Å²) in [6.07, 6.45) is 0.685. The summed E-state index contributed by atoms with van der Waals surface area (Å²) in [5, 5.41) is 0.541. The Labute approximate surface area is 168 Å². The number of carbonyl (C=O) groups is 2. The first-order valence-electron chi connectivity index (χ1n) is 9.12. The number of halogens is 1. The SMILES string of the molecule is O=C(C1=C(c2ccccc2)N(c2cccc(Cl)c2)C(=O)CC1)c1ccccc1. The summed E-state index contributed by atoms with van der Waals surface area (Å²) >= 11 is 6.18. The summed E-state index contributed by atoms with van der Waals surface area (Å²) in [7, 11) is 0. The molecule has 3 nitrogen and oxygen atoms in total. The van der Waals surface area contributed by atoms with Gasteiger partial charge in [-0.1, -0.05) is 78.3 Å². The fourth-order valence-corrected chi connectivity index (χ4v) is 3.68. The molecule has 3 aromatic rings. The Balaban J connectivity index is 1.94. The van der Waals surface area contributed by atoms with Crippen molar-refractivity contribution in [1.82, 2.24) is 0 Å². The molecule has 1 aliphatic rings. The van der Waals surface area contributed by atoms with Gasteiger partial charge in [-0.15, -0.1) is 0 Å². The summed E-state index contributed by atoms with van der Waals surface area (Å²) < 4.78 is 0. The molecule has 0 aliphatic carbocycles. The number of amides is 1. The number of rotatable bonds is 4. The maximum absolute atomic E-state index is 13.3. The highest BCUT2D eigenvalue weighted by atomic mass is 35.5. The van der Waals surface area contributed by atoms with E-state index in [1.54, 1.807) is 35.2 Å². The molecule has 28 heavy (non-hydrogen) atoms. The molecular weight excluding hydrogens is 370 g/mol. The van der Waals surface area contributed by atoms with E-state index >= 15 is 0 Å². The molecule has 1 aliphatic heterocycles. The molecule has 0 bridgehead atoms. The van der Waals surface area contributed by atoms with Crippen LogP contribution in [0.5, 0.6) is 0 Å². The lowest BCUT2D eigenvalue weighted by atomic mass is 9.90. The molecule has 0 saturated carbocycles. The third-order valence-electron chi connectivity index (χ3n) is 4.77. The Bertz CT molecular complexity index is 1060. The third kappa shape index (κ3) is 3.49. The standard InChI is InChI=1S/C24H18ClNO2/c25-19-12-7-13-20(16-19)26-22(27)15-14-21(23(26)17-8-3-1-4-9-17)24(28)18-10-5-2-6-11-18/h1-13,16H,14-15H2. The molecule has 0 radical (unpaired) electrons. The van der Waals surface area contributed by atoms with Crippen molar-refractivity contribution >= 4 is 34.7 Å². The third-order valence-corrected chi connectivity index (χ3v) is 5.01. The van der Waals surface area contributed by atoms with Crippen LogP contribution in [0, 0.1) is 0 Å². The van der Waals surface area contributed by atoms with Gasteiger partial charge < -0.3 is 0 Å². The Kier molecular flexibility index (Phi) is 5.09. The maximum Gasteiger partial charge on any atom is 0.231 e. The number of hydrogen-bond acceptors (Lipinski definition) is 2. The van der Waals surface area contributed by atoms with Crippen molar-refractivity contribution in [2.75, 3.05) is 4.90 Å². The van der Waals surface area contributed by atoms with Gasteiger partial charge in [0.2, 0.25) is 5.91 Å². The van der Waals surface area contributed by atoms with E-state index in [9.17, 15) is 9.59 Å². The molecule has 138 valence electrons. The monoisotopic (exact) mass is 387 g/mol. The number of anilines is 1. The van der Waals surface area contributed by atoms with Crippen molar-refractivity contribution in [3.05, 3.63) is 107 Å². The second-order valence-electron chi connectivity index (χ2n) is 6.60. The molecule has 3 aromatic carbocycles. The van der Waals surface area contributed by atoms with Crippen LogP contribution in [0.2, 0.25) is 5.02 Å². The van der Waals surface area contributed by atoms with E-state index in [0.717, 1.165) is 5.56 Å². The van der Waals surface area contributed by atoms with Gasteiger partial charge in [0, 0.05) is 22.6 Å². The van der Waals surface area contributed by atoms with Crippen molar-refractivity contribution in [3.63, 3.8) is 0 Å². The van der Waals surface area contributed by atoms with Crippen molar-refractivity contribution in [1.29, 1.82) is 0 Å². The van der Waals surface area contributed by atoms with Gasteiger partial charge in [-0.2, -0.15) is 0 Å². The van der Waals surface area contributed by atoms with Crippen LogP contribution >= 0.6 is 11.6 Å². The first-order valence-corrected chi connectivity index (χ1v) is 9.50. The highest BCUT2D eigenvalue weighted by molar-refractivity contribution is 6.31. The van der Waals surface area contributed by atoms with Crippen LogP contribution in [0.25, 0.3) is 5.70 Å². The van der Waals surface area contributed by atoms with Crippen molar-refractivity contribution in [3.8, 4) is 0 Å². The largest absolute Gasteiger partial charge is 0.289 e. The minimum absolute atomic E-state index is 0.0502. The number of nitrogens with zero attached hydrogens (tertiary/aromatic N) is 1. The highest BCUT2D eigenvalue weighted by Gasteiger charge is 2.32. The van der Waals surface area contributed by atoms with Crippen molar-refractivity contribution in [2.45, 2.75) is 12.8 Å². The first-order chi connectivity index (χ1) is 13.6. The number of hydrogen-bond donors (Lipinski definition) is 0. The summed E-state index contributed by atoms with van der Waals surface area (Å²) in [6, 6.07) is 25.9. The van der Waals surface area contributed by atoms with Crippen molar-refractivity contribution < 1.29 is 9.59 Å². The summed E-state index contributed by atoms with van der Waals surface area (Å²) in [5.41, 5.74) is 3.38. The van der Waals surface area contributed by atoms with E-state index in [4.69, 9.17) is 11.6 Å². The molecule has 0 saturated heterocycles. The minimum Gasteiger partial charge on any atom is -0.289 e. The fourth-order valence-electron chi connectivity index (χ4n) is 3.49. The predicted molar refractivity (Wildman–Crippen MR) is 112 cm³/mol. The van der Waals surface area contributed by atoms with Gasteiger partial charge in [-0.25, -0.2) is 0 Å². The fraction of sp³-hybridized carbons (Fsp3) is 0.0833. The molecule has 0 N–H and O–H groups in total. The summed E-state index contributed by atoms with van der Waals surface area (Å²) in [5.74, 6) is -0.107. The van der Waals surface area contributed by atoms with Gasteiger partial charge in [0.25, 0.3) is 0 Å². The number of allylic oxidation sites excluding steroid dienone is 1. The molecule has 0 unspecified atom stereocenters. The van der Waals surface area contributed by atoms with E-state index in [2.05, 4.69) is 0 Å². The number of Topliss-reactive ketones (excluding diaryl/α,β-unsaturated/α-hetero) is 1. The number of carbonyl (C=O) groups excluding carboxylic acids is 2. The predicted octanol–water partition coefficient (Wildman–Crippen LogP) is 5.76. The molecule has 0 spiro atoms. The Morgan fingerprint density at radius 3 is 2.18 bits per heavy atom.